The van der Waals surface area contributed by atoms with Crippen molar-refractivity contribution in [2.24, 2.45) is 7.05 Å². The summed E-state index contributed by atoms with van der Waals surface area (Å²) in [7, 11) is 1.86. The van der Waals surface area contributed by atoms with E-state index < -0.39 is 17.4 Å². The normalized spacial score (nSPS) is 23.5. The van der Waals surface area contributed by atoms with Crippen molar-refractivity contribution in [2.75, 3.05) is 18.0 Å². The van der Waals surface area contributed by atoms with Crippen LogP contribution in [0, 0.1) is 0 Å². The zero-order chi connectivity index (χ0) is 24.0. The Kier molecular flexibility index (Phi) is 6.13. The second kappa shape index (κ2) is 8.61. The number of benzene rings is 1. The van der Waals surface area contributed by atoms with Crippen molar-refractivity contribution in [1.82, 2.24) is 15.1 Å². The van der Waals surface area contributed by atoms with Crippen LogP contribution in [0.1, 0.15) is 64.5 Å². The highest BCUT2D eigenvalue weighted by Crippen LogP contribution is 2.35. The SMILES string of the molecule is Cn1nc(C2CCC(O)NC2=O)c2ccc(N3CCC(O)(CC(=O)OC(C)(C)C)CC3)cc21. The van der Waals surface area contributed by atoms with Crippen molar-refractivity contribution in [2.45, 2.75) is 76.2 Å². The lowest BCUT2D eigenvalue weighted by Crippen LogP contribution is -2.46. The van der Waals surface area contributed by atoms with E-state index in [0.29, 0.717) is 38.8 Å². The van der Waals surface area contributed by atoms with Gasteiger partial charge in [0.05, 0.1) is 29.2 Å². The number of anilines is 1. The average Bonchev–Trinajstić information content (AvgIpc) is 3.02. The number of aliphatic hydroxyl groups excluding tert-OH is 1. The number of rotatable bonds is 4. The molecule has 2 aliphatic heterocycles. The number of hydrogen-bond acceptors (Lipinski definition) is 7. The molecule has 2 saturated heterocycles. The van der Waals surface area contributed by atoms with Crippen molar-refractivity contribution >= 4 is 28.5 Å². The lowest BCUT2D eigenvalue weighted by Gasteiger charge is -2.39. The Morgan fingerprint density at radius 2 is 1.97 bits per heavy atom. The summed E-state index contributed by atoms with van der Waals surface area (Å²) in [4.78, 5) is 26.8. The van der Waals surface area contributed by atoms with Gasteiger partial charge in [-0.2, -0.15) is 5.10 Å². The molecule has 3 heterocycles. The summed E-state index contributed by atoms with van der Waals surface area (Å²) < 4.78 is 7.17. The maximum Gasteiger partial charge on any atom is 0.309 e. The van der Waals surface area contributed by atoms with E-state index in [0.717, 1.165) is 22.3 Å². The number of carbonyl (C=O) groups is 2. The van der Waals surface area contributed by atoms with Gasteiger partial charge in [0.15, 0.2) is 0 Å². The molecule has 0 bridgehead atoms. The fourth-order valence-electron chi connectivity index (χ4n) is 4.79. The van der Waals surface area contributed by atoms with E-state index in [1.165, 1.54) is 0 Å². The summed E-state index contributed by atoms with van der Waals surface area (Å²) in [6.45, 7) is 6.71. The standard InChI is InChI=1S/C24H34N4O5/c1-23(2,3)33-20(30)14-24(32)9-11-28(12-10-24)15-5-6-16-18(13-15)27(4)26-21(16)17-7-8-19(29)25-22(17)31/h5-6,13,17,19,29,32H,7-12,14H2,1-4H3,(H,25,31). The lowest BCUT2D eigenvalue weighted by molar-refractivity contribution is -0.161. The Morgan fingerprint density at radius 3 is 2.61 bits per heavy atom. The molecule has 0 aliphatic carbocycles. The van der Waals surface area contributed by atoms with Gasteiger partial charge in [0, 0.05) is 31.2 Å². The quantitative estimate of drug-likeness (QED) is 0.600. The molecule has 1 aromatic carbocycles. The molecule has 2 aromatic rings. The molecule has 9 heteroatoms. The molecular formula is C24H34N4O5. The summed E-state index contributed by atoms with van der Waals surface area (Å²) in [5.74, 6) is -0.944. The van der Waals surface area contributed by atoms with Crippen LogP contribution >= 0.6 is 0 Å². The zero-order valence-electron chi connectivity index (χ0n) is 19.8. The smallest absolute Gasteiger partial charge is 0.309 e. The van der Waals surface area contributed by atoms with Crippen LogP contribution in [0.4, 0.5) is 5.69 Å². The van der Waals surface area contributed by atoms with Crippen LogP contribution in [-0.4, -0.2) is 62.4 Å². The van der Waals surface area contributed by atoms with E-state index >= 15 is 0 Å². The Labute approximate surface area is 193 Å². The Hall–Kier alpha value is -2.65. The van der Waals surface area contributed by atoms with Crippen molar-refractivity contribution < 1.29 is 24.5 Å². The molecule has 4 rings (SSSR count). The van der Waals surface area contributed by atoms with Crippen LogP contribution in [0.5, 0.6) is 0 Å². The third-order valence-electron chi connectivity index (χ3n) is 6.50. The number of carbonyl (C=O) groups excluding carboxylic acids is 2. The summed E-state index contributed by atoms with van der Waals surface area (Å²) in [5.41, 5.74) is 1.05. The molecule has 1 aromatic heterocycles. The van der Waals surface area contributed by atoms with Crippen LogP contribution in [0.2, 0.25) is 0 Å². The number of nitrogens with zero attached hydrogens (tertiary/aromatic N) is 3. The van der Waals surface area contributed by atoms with Gasteiger partial charge in [-0.25, -0.2) is 0 Å². The number of piperidine rings is 2. The molecule has 0 radical (unpaired) electrons. The first kappa shape index (κ1) is 23.5. The van der Waals surface area contributed by atoms with Gasteiger partial charge in [-0.1, -0.05) is 0 Å². The van der Waals surface area contributed by atoms with Crippen LogP contribution in [-0.2, 0) is 21.4 Å². The van der Waals surface area contributed by atoms with E-state index in [-0.39, 0.29) is 24.2 Å². The van der Waals surface area contributed by atoms with Gasteiger partial charge in [0.2, 0.25) is 5.91 Å². The number of aromatic nitrogens is 2. The molecule has 3 N–H and O–H groups in total. The molecule has 0 saturated carbocycles. The summed E-state index contributed by atoms with van der Waals surface area (Å²) in [6, 6.07) is 6.06. The maximum absolute atomic E-state index is 12.4. The highest BCUT2D eigenvalue weighted by molar-refractivity contribution is 5.92. The highest BCUT2D eigenvalue weighted by atomic mass is 16.6. The first-order valence-corrected chi connectivity index (χ1v) is 11.6. The summed E-state index contributed by atoms with van der Waals surface area (Å²) in [6.07, 6.45) is 1.23. The van der Waals surface area contributed by atoms with Crippen molar-refractivity contribution in [3.63, 3.8) is 0 Å². The molecule has 2 unspecified atom stereocenters. The van der Waals surface area contributed by atoms with E-state index in [2.05, 4.69) is 21.4 Å². The molecule has 0 spiro atoms. The third kappa shape index (κ3) is 5.14. The molecular weight excluding hydrogens is 424 g/mol. The zero-order valence-corrected chi connectivity index (χ0v) is 19.8. The van der Waals surface area contributed by atoms with Gasteiger partial charge in [-0.3, -0.25) is 14.3 Å². The van der Waals surface area contributed by atoms with E-state index in [9.17, 15) is 19.8 Å². The Bertz CT molecular complexity index is 1050. The molecule has 2 atom stereocenters. The number of aliphatic hydroxyl groups is 2. The number of hydrogen-bond donors (Lipinski definition) is 3. The van der Waals surface area contributed by atoms with Gasteiger partial charge in [0.1, 0.15) is 11.8 Å². The predicted octanol–water partition coefficient (Wildman–Crippen LogP) is 1.95. The lowest BCUT2D eigenvalue weighted by atomic mass is 9.88. The number of ether oxygens (including phenoxy) is 1. The van der Waals surface area contributed by atoms with Crippen molar-refractivity contribution in [1.29, 1.82) is 0 Å². The average molecular weight is 459 g/mol. The van der Waals surface area contributed by atoms with E-state index in [1.54, 1.807) is 4.68 Å². The molecule has 33 heavy (non-hydrogen) atoms. The van der Waals surface area contributed by atoms with Crippen molar-refractivity contribution in [3.05, 3.63) is 23.9 Å². The number of amides is 1. The Balaban J connectivity index is 1.46. The van der Waals surface area contributed by atoms with Crippen LogP contribution in [0.3, 0.4) is 0 Å². The number of aryl methyl sites for hydroxylation is 1. The second-order valence-electron chi connectivity index (χ2n) is 10.3. The first-order valence-electron chi connectivity index (χ1n) is 11.6. The van der Waals surface area contributed by atoms with Gasteiger partial charge in [-0.15, -0.1) is 0 Å². The maximum atomic E-state index is 12.4. The van der Waals surface area contributed by atoms with E-state index in [1.807, 2.05) is 40.0 Å². The first-order chi connectivity index (χ1) is 15.4. The Morgan fingerprint density at radius 1 is 1.27 bits per heavy atom. The molecule has 2 aliphatic rings. The minimum absolute atomic E-state index is 0.000382. The minimum atomic E-state index is -1.05. The predicted molar refractivity (Wildman–Crippen MR) is 124 cm³/mol. The van der Waals surface area contributed by atoms with Gasteiger partial charge in [-0.05, 0) is 64.7 Å². The fourth-order valence-corrected chi connectivity index (χ4v) is 4.79. The van der Waals surface area contributed by atoms with Gasteiger partial charge >= 0.3 is 5.97 Å². The summed E-state index contributed by atoms with van der Waals surface area (Å²) in [5, 5.41) is 28.7. The highest BCUT2D eigenvalue weighted by Gasteiger charge is 2.36. The van der Waals surface area contributed by atoms with Crippen molar-refractivity contribution in [3.8, 4) is 0 Å². The van der Waals surface area contributed by atoms with Crippen LogP contribution in [0.15, 0.2) is 18.2 Å². The number of esters is 1. The van der Waals surface area contributed by atoms with Crippen LogP contribution in [0.25, 0.3) is 10.9 Å². The van der Waals surface area contributed by atoms with Gasteiger partial charge in [0.25, 0.3) is 0 Å². The minimum Gasteiger partial charge on any atom is -0.460 e. The van der Waals surface area contributed by atoms with Gasteiger partial charge < -0.3 is 25.2 Å². The molecule has 9 nitrogen and oxygen atoms in total. The summed E-state index contributed by atoms with van der Waals surface area (Å²) >= 11 is 0. The topological polar surface area (TPSA) is 117 Å². The third-order valence-corrected chi connectivity index (χ3v) is 6.50. The second-order valence-corrected chi connectivity index (χ2v) is 10.3. The number of fused-ring (bicyclic) bond motifs is 1. The molecule has 2 fully saturated rings. The molecule has 1 amide bonds. The fraction of sp³-hybridized carbons (Fsp3) is 0.625. The monoisotopic (exact) mass is 458 g/mol. The van der Waals surface area contributed by atoms with E-state index in [4.69, 9.17) is 4.74 Å². The largest absolute Gasteiger partial charge is 0.460 e. The number of nitrogens with one attached hydrogen (secondary N) is 1. The van der Waals surface area contributed by atoms with Crippen LogP contribution < -0.4 is 10.2 Å². The molecule has 180 valence electrons.